The molecule has 0 heterocycles. The molecule has 43 heavy (non-hydrogen) atoms. The van der Waals surface area contributed by atoms with Crippen LogP contribution in [0.1, 0.15) is 201 Å². The first kappa shape index (κ1) is 43.5. The van der Waals surface area contributed by atoms with Crippen molar-refractivity contribution in [3.05, 3.63) is 24.8 Å². The second kappa shape index (κ2) is 38.4. The summed E-state index contributed by atoms with van der Waals surface area (Å²) >= 11 is 0. The third kappa shape index (κ3) is 40.4. The molecule has 0 aliphatic carbocycles. The van der Waals surface area contributed by atoms with Crippen molar-refractivity contribution < 1.29 is 19.1 Å². The first-order valence-corrected chi connectivity index (χ1v) is 18.6. The number of esters is 2. The van der Waals surface area contributed by atoms with Crippen molar-refractivity contribution in [2.45, 2.75) is 201 Å². The minimum absolute atomic E-state index is 0.256. The molecule has 0 radical (unpaired) electrons. The van der Waals surface area contributed by atoms with E-state index in [9.17, 15) is 9.59 Å². The Hall–Kier alpha value is -1.58. The molecular weight excluding hydrogens is 532 g/mol. The van der Waals surface area contributed by atoms with Crippen LogP contribution in [0.15, 0.2) is 24.8 Å². The van der Waals surface area contributed by atoms with Gasteiger partial charge in [0.1, 0.15) is 0 Å². The molecule has 254 valence electrons. The van der Waals surface area contributed by atoms with Crippen LogP contribution in [-0.2, 0) is 19.1 Å². The van der Waals surface area contributed by atoms with Crippen molar-refractivity contribution in [3.8, 4) is 0 Å². The monoisotopic (exact) mass is 607 g/mol. The standard InChI is InChI=1S/C21H40O2.C18H34O2/c1-3-5-6-7-8-9-10-11-12-13-14-15-16-17-18-19-20-23-21(22)4-2;1-4-5-6-7-8-9-10-11-12-13-14-15-16-20-18(19)17(2)3/h4H,2-3,5-20H2,1H3;2,4-16H2,1,3H3. The van der Waals surface area contributed by atoms with Crippen LogP contribution in [0.3, 0.4) is 0 Å². The van der Waals surface area contributed by atoms with Gasteiger partial charge in [-0.25, -0.2) is 9.59 Å². The summed E-state index contributed by atoms with van der Waals surface area (Å²) in [6.45, 7) is 14.3. The molecular formula is C39H74O4. The van der Waals surface area contributed by atoms with Gasteiger partial charge in [-0.15, -0.1) is 0 Å². The number of rotatable bonds is 32. The van der Waals surface area contributed by atoms with E-state index < -0.39 is 0 Å². The van der Waals surface area contributed by atoms with Crippen LogP contribution in [0.5, 0.6) is 0 Å². The maximum atomic E-state index is 11.1. The Labute approximate surface area is 269 Å². The van der Waals surface area contributed by atoms with Crippen LogP contribution in [-0.4, -0.2) is 25.2 Å². The molecule has 0 N–H and O–H groups in total. The van der Waals surface area contributed by atoms with Crippen LogP contribution < -0.4 is 0 Å². The molecule has 0 amide bonds. The lowest BCUT2D eigenvalue weighted by Gasteiger charge is -2.04. The number of ether oxygens (including phenoxy) is 2. The van der Waals surface area contributed by atoms with Crippen molar-refractivity contribution >= 4 is 11.9 Å². The summed E-state index contributed by atoms with van der Waals surface area (Å²) in [5.74, 6) is -0.556. The van der Waals surface area contributed by atoms with E-state index in [1.165, 1.54) is 173 Å². The summed E-state index contributed by atoms with van der Waals surface area (Å²) in [4.78, 5) is 22.0. The topological polar surface area (TPSA) is 52.6 Å². The number of carbonyl (C=O) groups is 2. The predicted octanol–water partition coefficient (Wildman–Crippen LogP) is 12.8. The van der Waals surface area contributed by atoms with Crippen molar-refractivity contribution in [1.82, 2.24) is 0 Å². The molecule has 4 nitrogen and oxygen atoms in total. The molecule has 0 aromatic heterocycles. The third-order valence-corrected chi connectivity index (χ3v) is 7.99. The summed E-state index contributed by atoms with van der Waals surface area (Å²) in [5.41, 5.74) is 0.490. The van der Waals surface area contributed by atoms with Crippen molar-refractivity contribution in [3.63, 3.8) is 0 Å². The minimum atomic E-state index is -0.300. The van der Waals surface area contributed by atoms with Crippen LogP contribution in [0, 0.1) is 0 Å². The van der Waals surface area contributed by atoms with E-state index in [-0.39, 0.29) is 11.9 Å². The van der Waals surface area contributed by atoms with Crippen LogP contribution in [0.2, 0.25) is 0 Å². The lowest BCUT2D eigenvalue weighted by molar-refractivity contribution is -0.139. The molecule has 0 rings (SSSR count). The van der Waals surface area contributed by atoms with Crippen LogP contribution in [0.4, 0.5) is 0 Å². The van der Waals surface area contributed by atoms with Crippen LogP contribution >= 0.6 is 0 Å². The molecule has 0 bridgehead atoms. The maximum Gasteiger partial charge on any atom is 0.333 e. The Morgan fingerprint density at radius 1 is 0.465 bits per heavy atom. The Bertz CT molecular complexity index is 612. The number of hydrogen-bond donors (Lipinski definition) is 0. The van der Waals surface area contributed by atoms with Gasteiger partial charge in [0.25, 0.3) is 0 Å². The van der Waals surface area contributed by atoms with Gasteiger partial charge < -0.3 is 9.47 Å². The Morgan fingerprint density at radius 2 is 0.721 bits per heavy atom. The zero-order valence-corrected chi connectivity index (χ0v) is 29.3. The fourth-order valence-electron chi connectivity index (χ4n) is 5.11. The molecule has 0 aromatic carbocycles. The summed E-state index contributed by atoms with van der Waals surface area (Å²) in [6.07, 6.45) is 38.8. The highest BCUT2D eigenvalue weighted by Crippen LogP contribution is 2.14. The molecule has 4 heteroatoms. The highest BCUT2D eigenvalue weighted by Gasteiger charge is 2.02. The van der Waals surface area contributed by atoms with E-state index in [0.29, 0.717) is 18.8 Å². The van der Waals surface area contributed by atoms with E-state index in [1.807, 2.05) is 0 Å². The molecule has 0 aromatic rings. The SMILES string of the molecule is C=C(C)C(=O)OCCCCCCCCCCCCCC.C=CC(=O)OCCCCCCCCCCCCCCCCCC. The molecule has 0 aliphatic rings. The Morgan fingerprint density at radius 3 is 0.977 bits per heavy atom. The summed E-state index contributed by atoms with van der Waals surface area (Å²) in [5, 5.41) is 0. The van der Waals surface area contributed by atoms with Gasteiger partial charge in [-0.1, -0.05) is 194 Å². The normalized spacial score (nSPS) is 10.6. The van der Waals surface area contributed by atoms with Crippen LogP contribution in [0.25, 0.3) is 0 Å². The first-order chi connectivity index (χ1) is 21.0. The quantitative estimate of drug-likeness (QED) is 0.0434. The molecule has 0 atom stereocenters. The van der Waals surface area contributed by atoms with Crippen molar-refractivity contribution in [1.29, 1.82) is 0 Å². The van der Waals surface area contributed by atoms with E-state index in [4.69, 9.17) is 9.47 Å². The minimum Gasteiger partial charge on any atom is -0.463 e. The molecule has 0 spiro atoms. The van der Waals surface area contributed by atoms with Gasteiger partial charge >= 0.3 is 11.9 Å². The number of unbranched alkanes of at least 4 members (excludes halogenated alkanes) is 26. The Balaban J connectivity index is 0. The lowest BCUT2D eigenvalue weighted by Crippen LogP contribution is -2.05. The van der Waals surface area contributed by atoms with Gasteiger partial charge in [0.05, 0.1) is 13.2 Å². The van der Waals surface area contributed by atoms with Gasteiger partial charge in [0, 0.05) is 11.6 Å². The third-order valence-electron chi connectivity index (χ3n) is 7.99. The predicted molar refractivity (Wildman–Crippen MR) is 188 cm³/mol. The summed E-state index contributed by atoms with van der Waals surface area (Å²) in [6, 6.07) is 0. The van der Waals surface area contributed by atoms with E-state index in [1.54, 1.807) is 6.92 Å². The van der Waals surface area contributed by atoms with Gasteiger partial charge in [-0.05, 0) is 19.8 Å². The van der Waals surface area contributed by atoms with E-state index in [0.717, 1.165) is 12.8 Å². The van der Waals surface area contributed by atoms with Gasteiger partial charge in [0.2, 0.25) is 0 Å². The maximum absolute atomic E-state index is 11.1. The molecule has 0 saturated heterocycles. The fraction of sp³-hybridized carbons (Fsp3) is 0.846. The van der Waals surface area contributed by atoms with Crippen molar-refractivity contribution in [2.75, 3.05) is 13.2 Å². The first-order valence-electron chi connectivity index (χ1n) is 18.6. The highest BCUT2D eigenvalue weighted by molar-refractivity contribution is 5.86. The molecule has 0 saturated carbocycles. The van der Waals surface area contributed by atoms with E-state index >= 15 is 0 Å². The smallest absolute Gasteiger partial charge is 0.333 e. The number of carbonyl (C=O) groups excluding carboxylic acids is 2. The zero-order valence-electron chi connectivity index (χ0n) is 29.3. The lowest BCUT2D eigenvalue weighted by atomic mass is 10.0. The summed E-state index contributed by atoms with van der Waals surface area (Å²) < 4.78 is 10.0. The highest BCUT2D eigenvalue weighted by atomic mass is 16.5. The van der Waals surface area contributed by atoms with Gasteiger partial charge in [-0.2, -0.15) is 0 Å². The zero-order chi connectivity index (χ0) is 32.1. The largest absolute Gasteiger partial charge is 0.463 e. The fourth-order valence-corrected chi connectivity index (χ4v) is 5.11. The second-order valence-electron chi connectivity index (χ2n) is 12.5. The number of hydrogen-bond acceptors (Lipinski definition) is 4. The molecule has 0 fully saturated rings. The van der Waals surface area contributed by atoms with Crippen molar-refractivity contribution in [2.24, 2.45) is 0 Å². The van der Waals surface area contributed by atoms with E-state index in [2.05, 4.69) is 27.0 Å². The molecule has 0 unspecified atom stereocenters. The summed E-state index contributed by atoms with van der Waals surface area (Å²) in [7, 11) is 0. The Kier molecular flexibility index (Phi) is 38.9. The molecule has 0 aliphatic heterocycles. The second-order valence-corrected chi connectivity index (χ2v) is 12.5. The average Bonchev–Trinajstić information content (AvgIpc) is 3.01. The van der Waals surface area contributed by atoms with Gasteiger partial charge in [-0.3, -0.25) is 0 Å². The average molecular weight is 607 g/mol. The van der Waals surface area contributed by atoms with Gasteiger partial charge in [0.15, 0.2) is 0 Å².